The molecular formula is C16H18ClNO2S. The molecule has 2 rings (SSSR count). The van der Waals surface area contributed by atoms with Crippen molar-refractivity contribution in [3.63, 3.8) is 0 Å². The normalized spacial score (nSPS) is 10.4. The van der Waals surface area contributed by atoms with Gasteiger partial charge in [-0.3, -0.25) is 4.79 Å². The number of amides is 1. The summed E-state index contributed by atoms with van der Waals surface area (Å²) in [6.45, 7) is 3.36. The van der Waals surface area contributed by atoms with Crippen LogP contribution in [0.3, 0.4) is 0 Å². The van der Waals surface area contributed by atoms with Crippen molar-refractivity contribution >= 4 is 28.8 Å². The van der Waals surface area contributed by atoms with Crippen molar-refractivity contribution in [1.82, 2.24) is 4.90 Å². The molecule has 0 radical (unpaired) electrons. The van der Waals surface area contributed by atoms with Gasteiger partial charge in [0.15, 0.2) is 0 Å². The molecule has 0 atom stereocenters. The average molecular weight is 324 g/mol. The van der Waals surface area contributed by atoms with E-state index in [-0.39, 0.29) is 5.91 Å². The predicted octanol–water partition coefficient (Wildman–Crippen LogP) is 4.46. The van der Waals surface area contributed by atoms with Crippen molar-refractivity contribution in [2.45, 2.75) is 19.9 Å². The van der Waals surface area contributed by atoms with Crippen LogP contribution in [0.1, 0.15) is 29.3 Å². The molecule has 0 spiro atoms. The van der Waals surface area contributed by atoms with Crippen molar-refractivity contribution in [2.75, 3.05) is 13.7 Å². The number of carbonyl (C=O) groups is 1. The number of thiophene rings is 1. The Kier molecular flexibility index (Phi) is 5.65. The first-order chi connectivity index (χ1) is 10.2. The Morgan fingerprint density at radius 3 is 2.81 bits per heavy atom. The quantitative estimate of drug-likeness (QED) is 0.785. The van der Waals surface area contributed by atoms with Crippen LogP contribution in [0.15, 0.2) is 35.0 Å². The third-order valence-corrected chi connectivity index (χ3v) is 4.09. The van der Waals surface area contributed by atoms with E-state index in [0.717, 1.165) is 12.0 Å². The fourth-order valence-corrected chi connectivity index (χ4v) is 2.97. The second-order valence-electron chi connectivity index (χ2n) is 4.70. The minimum Gasteiger partial charge on any atom is -0.496 e. The molecule has 1 aromatic carbocycles. The average Bonchev–Trinajstić information content (AvgIpc) is 2.99. The molecule has 2 aromatic rings. The first-order valence-corrected chi connectivity index (χ1v) is 8.11. The topological polar surface area (TPSA) is 29.5 Å². The standard InChI is InChI=1S/C16H18ClNO2S/c1-3-7-18(10-12-6-8-21-11-12)16(19)14-9-13(17)4-5-15(14)20-2/h4-6,8-9,11H,3,7,10H2,1-2H3. The Balaban J connectivity index is 2.27. The molecule has 1 amide bonds. The SMILES string of the molecule is CCCN(Cc1ccsc1)C(=O)c1cc(Cl)ccc1OC. The van der Waals surface area contributed by atoms with Crippen LogP contribution in [0.5, 0.6) is 5.75 Å². The first-order valence-electron chi connectivity index (χ1n) is 6.79. The lowest BCUT2D eigenvalue weighted by atomic mass is 10.1. The number of nitrogens with zero attached hydrogens (tertiary/aromatic N) is 1. The fourth-order valence-electron chi connectivity index (χ4n) is 2.14. The summed E-state index contributed by atoms with van der Waals surface area (Å²) in [7, 11) is 1.56. The van der Waals surface area contributed by atoms with E-state index in [1.807, 2.05) is 16.3 Å². The van der Waals surface area contributed by atoms with E-state index >= 15 is 0 Å². The molecule has 1 aromatic heterocycles. The lowest BCUT2D eigenvalue weighted by molar-refractivity contribution is 0.0740. The van der Waals surface area contributed by atoms with Gasteiger partial charge in [-0.2, -0.15) is 11.3 Å². The van der Waals surface area contributed by atoms with E-state index < -0.39 is 0 Å². The van der Waals surface area contributed by atoms with E-state index in [2.05, 4.69) is 12.3 Å². The Morgan fingerprint density at radius 1 is 1.38 bits per heavy atom. The van der Waals surface area contributed by atoms with Gasteiger partial charge in [0.2, 0.25) is 0 Å². The van der Waals surface area contributed by atoms with Crippen molar-refractivity contribution in [3.05, 3.63) is 51.2 Å². The number of methoxy groups -OCH3 is 1. The van der Waals surface area contributed by atoms with Gasteiger partial charge in [-0.05, 0) is 47.0 Å². The molecule has 0 saturated heterocycles. The Morgan fingerprint density at radius 2 is 2.19 bits per heavy atom. The van der Waals surface area contributed by atoms with E-state index in [4.69, 9.17) is 16.3 Å². The van der Waals surface area contributed by atoms with Crippen LogP contribution < -0.4 is 4.74 Å². The molecule has 0 aliphatic carbocycles. The highest BCUT2D eigenvalue weighted by molar-refractivity contribution is 7.07. The number of hydrogen-bond acceptors (Lipinski definition) is 3. The molecule has 21 heavy (non-hydrogen) atoms. The first kappa shape index (κ1) is 15.9. The molecule has 112 valence electrons. The van der Waals surface area contributed by atoms with E-state index in [0.29, 0.717) is 29.4 Å². The highest BCUT2D eigenvalue weighted by Gasteiger charge is 2.20. The van der Waals surface area contributed by atoms with Crippen LogP contribution in [0, 0.1) is 0 Å². The molecule has 0 saturated carbocycles. The van der Waals surface area contributed by atoms with Crippen LogP contribution in [0.25, 0.3) is 0 Å². The summed E-state index contributed by atoms with van der Waals surface area (Å²) in [6, 6.07) is 7.15. The van der Waals surface area contributed by atoms with Crippen LogP contribution in [0.2, 0.25) is 5.02 Å². The van der Waals surface area contributed by atoms with Crippen LogP contribution in [-0.2, 0) is 6.54 Å². The van der Waals surface area contributed by atoms with Gasteiger partial charge < -0.3 is 9.64 Å². The third kappa shape index (κ3) is 3.99. The molecule has 0 aliphatic heterocycles. The second kappa shape index (κ2) is 7.48. The van der Waals surface area contributed by atoms with Gasteiger partial charge in [-0.1, -0.05) is 18.5 Å². The van der Waals surface area contributed by atoms with Gasteiger partial charge >= 0.3 is 0 Å². The van der Waals surface area contributed by atoms with E-state index in [1.54, 1.807) is 36.6 Å². The van der Waals surface area contributed by atoms with E-state index in [1.165, 1.54) is 0 Å². The van der Waals surface area contributed by atoms with Crippen molar-refractivity contribution in [1.29, 1.82) is 0 Å². The maximum absolute atomic E-state index is 12.8. The Hall–Kier alpha value is -1.52. The number of halogens is 1. The number of rotatable bonds is 6. The highest BCUT2D eigenvalue weighted by atomic mass is 35.5. The maximum atomic E-state index is 12.8. The molecule has 0 unspecified atom stereocenters. The largest absolute Gasteiger partial charge is 0.496 e. The van der Waals surface area contributed by atoms with Crippen LogP contribution in [0.4, 0.5) is 0 Å². The number of benzene rings is 1. The van der Waals surface area contributed by atoms with E-state index in [9.17, 15) is 4.79 Å². The second-order valence-corrected chi connectivity index (χ2v) is 5.92. The van der Waals surface area contributed by atoms with Gasteiger partial charge in [0.1, 0.15) is 5.75 Å². The summed E-state index contributed by atoms with van der Waals surface area (Å²) < 4.78 is 5.28. The lowest BCUT2D eigenvalue weighted by Crippen LogP contribution is -2.31. The number of hydrogen-bond donors (Lipinski definition) is 0. The zero-order valence-electron chi connectivity index (χ0n) is 12.1. The van der Waals surface area contributed by atoms with Crippen molar-refractivity contribution in [3.8, 4) is 5.75 Å². The minimum atomic E-state index is -0.0533. The molecule has 3 nitrogen and oxygen atoms in total. The summed E-state index contributed by atoms with van der Waals surface area (Å²) in [5.74, 6) is 0.498. The number of carbonyl (C=O) groups excluding carboxylic acids is 1. The lowest BCUT2D eigenvalue weighted by Gasteiger charge is -2.23. The maximum Gasteiger partial charge on any atom is 0.257 e. The van der Waals surface area contributed by atoms with Gasteiger partial charge in [0.25, 0.3) is 5.91 Å². The molecular weight excluding hydrogens is 306 g/mol. The van der Waals surface area contributed by atoms with Gasteiger partial charge in [0.05, 0.1) is 12.7 Å². The summed E-state index contributed by atoms with van der Waals surface area (Å²) >= 11 is 7.65. The molecule has 1 heterocycles. The van der Waals surface area contributed by atoms with Crippen molar-refractivity contribution in [2.24, 2.45) is 0 Å². The molecule has 5 heteroatoms. The fraction of sp³-hybridized carbons (Fsp3) is 0.312. The molecule has 0 N–H and O–H groups in total. The molecule has 0 aliphatic rings. The summed E-state index contributed by atoms with van der Waals surface area (Å²) in [6.07, 6.45) is 0.902. The Labute approximate surface area is 134 Å². The number of ether oxygens (including phenoxy) is 1. The molecule has 0 bridgehead atoms. The summed E-state index contributed by atoms with van der Waals surface area (Å²) in [5, 5.41) is 4.61. The predicted molar refractivity (Wildman–Crippen MR) is 87.4 cm³/mol. The Bertz CT molecular complexity index is 598. The highest BCUT2D eigenvalue weighted by Crippen LogP contribution is 2.25. The van der Waals surface area contributed by atoms with Crippen LogP contribution in [-0.4, -0.2) is 24.5 Å². The summed E-state index contributed by atoms with van der Waals surface area (Å²) in [5.41, 5.74) is 1.65. The summed E-state index contributed by atoms with van der Waals surface area (Å²) in [4.78, 5) is 14.6. The van der Waals surface area contributed by atoms with Gasteiger partial charge in [-0.25, -0.2) is 0 Å². The van der Waals surface area contributed by atoms with Gasteiger partial charge in [-0.15, -0.1) is 0 Å². The van der Waals surface area contributed by atoms with Crippen LogP contribution >= 0.6 is 22.9 Å². The van der Waals surface area contributed by atoms with Crippen molar-refractivity contribution < 1.29 is 9.53 Å². The van der Waals surface area contributed by atoms with Gasteiger partial charge in [0, 0.05) is 18.1 Å². The molecule has 0 fully saturated rings. The minimum absolute atomic E-state index is 0.0533. The smallest absolute Gasteiger partial charge is 0.257 e. The third-order valence-electron chi connectivity index (χ3n) is 3.13. The monoisotopic (exact) mass is 323 g/mol. The zero-order chi connectivity index (χ0) is 15.2. The zero-order valence-corrected chi connectivity index (χ0v) is 13.7.